The van der Waals surface area contributed by atoms with Gasteiger partial charge in [-0.3, -0.25) is 0 Å². The molecule has 4 rings (SSSR count). The second-order valence-electron chi connectivity index (χ2n) is 5.96. The van der Waals surface area contributed by atoms with Gasteiger partial charge in [0.15, 0.2) is 4.34 Å². The molecule has 0 radical (unpaired) electrons. The monoisotopic (exact) mass is 393 g/mol. The molecule has 1 aromatic carbocycles. The number of hydrogen-bond acceptors (Lipinski definition) is 7. The summed E-state index contributed by atoms with van der Waals surface area (Å²) in [5.74, 6) is 0.613. The van der Waals surface area contributed by atoms with Gasteiger partial charge in [-0.05, 0) is 42.5 Å². The molecule has 2 heterocycles. The van der Waals surface area contributed by atoms with Crippen molar-refractivity contribution in [2.75, 3.05) is 5.32 Å². The number of thioether (sulfide) groups is 1. The zero-order chi connectivity index (χ0) is 17.4. The average molecular weight is 394 g/mol. The number of aromatic nitrogens is 2. The number of fused-ring (bicyclic) bond motifs is 1. The number of rotatable bonds is 6. The number of halogens is 1. The van der Waals surface area contributed by atoms with Crippen molar-refractivity contribution in [3.63, 3.8) is 0 Å². The molecule has 1 aliphatic rings. The third-order valence-electron chi connectivity index (χ3n) is 4.04. The molecule has 0 amide bonds. The molecule has 0 bridgehead atoms. The fourth-order valence-corrected chi connectivity index (χ4v) is 4.66. The smallest absolute Gasteiger partial charge is 0.336 e. The maximum Gasteiger partial charge on any atom is 0.336 e. The summed E-state index contributed by atoms with van der Waals surface area (Å²) >= 11 is 9.44. The van der Waals surface area contributed by atoms with Gasteiger partial charge in [0.1, 0.15) is 5.58 Å². The Morgan fingerprint density at radius 3 is 2.92 bits per heavy atom. The lowest BCUT2D eigenvalue weighted by Gasteiger charge is -2.07. The zero-order valence-corrected chi connectivity index (χ0v) is 15.9. The number of nitrogens with one attached hydrogen (secondary N) is 1. The van der Waals surface area contributed by atoms with Gasteiger partial charge in [-0.2, -0.15) is 0 Å². The number of aryl methyl sites for hydroxylation is 1. The highest BCUT2D eigenvalue weighted by Crippen LogP contribution is 2.33. The predicted octanol–water partition coefficient (Wildman–Crippen LogP) is 4.73. The molecule has 0 atom stereocenters. The lowest BCUT2D eigenvalue weighted by atomic mass is 10.1. The van der Waals surface area contributed by atoms with Crippen molar-refractivity contribution >= 4 is 50.8 Å². The maximum atomic E-state index is 11.9. The molecule has 0 unspecified atom stereocenters. The van der Waals surface area contributed by atoms with E-state index in [1.54, 1.807) is 23.1 Å². The molecule has 5 nitrogen and oxygen atoms in total. The molecule has 0 saturated heterocycles. The van der Waals surface area contributed by atoms with E-state index < -0.39 is 0 Å². The van der Waals surface area contributed by atoms with Gasteiger partial charge in [-0.25, -0.2) is 4.79 Å². The Kier molecular flexibility index (Phi) is 4.71. The van der Waals surface area contributed by atoms with Crippen LogP contribution in [0.5, 0.6) is 0 Å². The predicted molar refractivity (Wildman–Crippen MR) is 103 cm³/mol. The van der Waals surface area contributed by atoms with Crippen molar-refractivity contribution in [3.8, 4) is 0 Å². The van der Waals surface area contributed by atoms with Crippen LogP contribution in [-0.2, 0) is 12.2 Å². The van der Waals surface area contributed by atoms with Crippen LogP contribution in [0, 0.1) is 0 Å². The fourth-order valence-electron chi connectivity index (χ4n) is 2.55. The largest absolute Gasteiger partial charge is 0.423 e. The minimum absolute atomic E-state index is 0.346. The van der Waals surface area contributed by atoms with Gasteiger partial charge in [-0.1, -0.05) is 41.6 Å². The van der Waals surface area contributed by atoms with Gasteiger partial charge in [0.25, 0.3) is 0 Å². The molecule has 1 aliphatic carbocycles. The maximum absolute atomic E-state index is 11.9. The van der Waals surface area contributed by atoms with Gasteiger partial charge >= 0.3 is 5.63 Å². The second kappa shape index (κ2) is 6.97. The Morgan fingerprint density at radius 1 is 1.32 bits per heavy atom. The molecular weight excluding hydrogens is 378 g/mol. The number of hydrogen-bond donors (Lipinski definition) is 1. The van der Waals surface area contributed by atoms with Crippen molar-refractivity contribution in [2.24, 2.45) is 0 Å². The number of anilines is 1. The summed E-state index contributed by atoms with van der Waals surface area (Å²) in [6.45, 7) is 2.02. The molecule has 0 spiro atoms. The Morgan fingerprint density at radius 2 is 2.16 bits per heavy atom. The summed E-state index contributed by atoms with van der Waals surface area (Å²) in [5.41, 5.74) is 2.10. The summed E-state index contributed by atoms with van der Waals surface area (Å²) in [6.07, 6.45) is 3.20. The highest BCUT2D eigenvalue weighted by Gasteiger charge is 2.22. The van der Waals surface area contributed by atoms with E-state index in [2.05, 4.69) is 15.5 Å². The molecule has 1 N–H and O–H groups in total. The average Bonchev–Trinajstić information content (AvgIpc) is 3.29. The third-order valence-corrected chi connectivity index (χ3v) is 6.43. The minimum atomic E-state index is -0.346. The molecule has 2 aromatic heterocycles. The zero-order valence-electron chi connectivity index (χ0n) is 13.5. The van der Waals surface area contributed by atoms with E-state index in [-0.39, 0.29) is 5.63 Å². The molecule has 3 aromatic rings. The normalized spacial score (nSPS) is 14.2. The summed E-state index contributed by atoms with van der Waals surface area (Å²) < 4.78 is 6.22. The Bertz CT molecular complexity index is 982. The lowest BCUT2D eigenvalue weighted by molar-refractivity contribution is 0.559. The van der Waals surface area contributed by atoms with Gasteiger partial charge < -0.3 is 9.73 Å². The standard InChI is InChI=1S/C17H16ClN3O2S2/c1-2-9-5-14-12(7-13(9)18)10(6-15(22)23-14)8-24-17-21-20-16(25-17)19-11-3-4-11/h5-7,11H,2-4,8H2,1H3,(H,19,20). The van der Waals surface area contributed by atoms with Crippen LogP contribution >= 0.6 is 34.7 Å². The second-order valence-corrected chi connectivity index (χ2v) is 8.57. The highest BCUT2D eigenvalue weighted by atomic mass is 35.5. The molecule has 8 heteroatoms. The Balaban J connectivity index is 1.58. The molecule has 1 saturated carbocycles. The SMILES string of the molecule is CCc1cc2oc(=O)cc(CSc3nnc(NC4CC4)s3)c2cc1Cl. The first-order valence-corrected chi connectivity index (χ1v) is 10.3. The van der Waals surface area contributed by atoms with Crippen molar-refractivity contribution in [1.29, 1.82) is 0 Å². The van der Waals surface area contributed by atoms with Crippen LogP contribution in [0.4, 0.5) is 5.13 Å². The van der Waals surface area contributed by atoms with Crippen molar-refractivity contribution < 1.29 is 4.42 Å². The van der Waals surface area contributed by atoms with E-state index in [4.69, 9.17) is 16.0 Å². The van der Waals surface area contributed by atoms with Gasteiger partial charge in [0, 0.05) is 28.3 Å². The van der Waals surface area contributed by atoms with E-state index >= 15 is 0 Å². The molecule has 25 heavy (non-hydrogen) atoms. The third kappa shape index (κ3) is 3.83. The minimum Gasteiger partial charge on any atom is -0.423 e. The first-order valence-electron chi connectivity index (χ1n) is 8.10. The lowest BCUT2D eigenvalue weighted by Crippen LogP contribution is -2.00. The summed E-state index contributed by atoms with van der Waals surface area (Å²) in [6, 6.07) is 5.83. The molecule has 0 aliphatic heterocycles. The van der Waals surface area contributed by atoms with Gasteiger partial charge in [-0.15, -0.1) is 10.2 Å². The van der Waals surface area contributed by atoms with E-state index in [0.29, 0.717) is 22.4 Å². The Hall–Kier alpha value is -1.57. The van der Waals surface area contributed by atoms with Gasteiger partial charge in [0.05, 0.1) is 0 Å². The van der Waals surface area contributed by atoms with Gasteiger partial charge in [0.2, 0.25) is 5.13 Å². The van der Waals surface area contributed by atoms with Crippen molar-refractivity contribution in [3.05, 3.63) is 44.8 Å². The van der Waals surface area contributed by atoms with E-state index in [1.165, 1.54) is 18.9 Å². The molecule has 1 fully saturated rings. The Labute approximate surface area is 157 Å². The van der Waals surface area contributed by atoms with Crippen LogP contribution in [0.2, 0.25) is 5.02 Å². The van der Waals surface area contributed by atoms with Crippen LogP contribution in [-0.4, -0.2) is 16.2 Å². The first kappa shape index (κ1) is 16.9. The van der Waals surface area contributed by atoms with Crippen LogP contribution in [0.3, 0.4) is 0 Å². The van der Waals surface area contributed by atoms with E-state index in [9.17, 15) is 4.79 Å². The van der Waals surface area contributed by atoms with Crippen LogP contribution < -0.4 is 10.9 Å². The van der Waals surface area contributed by atoms with Crippen LogP contribution in [0.15, 0.2) is 31.8 Å². The van der Waals surface area contributed by atoms with E-state index in [1.807, 2.05) is 19.1 Å². The van der Waals surface area contributed by atoms with Crippen LogP contribution in [0.1, 0.15) is 30.9 Å². The fraction of sp³-hybridized carbons (Fsp3) is 0.353. The first-order chi connectivity index (χ1) is 12.1. The van der Waals surface area contributed by atoms with Crippen LogP contribution in [0.25, 0.3) is 11.0 Å². The highest BCUT2D eigenvalue weighted by molar-refractivity contribution is 8.00. The summed E-state index contributed by atoms with van der Waals surface area (Å²) in [4.78, 5) is 11.9. The number of benzene rings is 1. The summed E-state index contributed by atoms with van der Waals surface area (Å²) in [7, 11) is 0. The van der Waals surface area contributed by atoms with E-state index in [0.717, 1.165) is 32.4 Å². The molecular formula is C17H16ClN3O2S2. The summed E-state index contributed by atoms with van der Waals surface area (Å²) in [5, 5.41) is 14.1. The number of nitrogens with zero attached hydrogens (tertiary/aromatic N) is 2. The molecule has 130 valence electrons. The quantitative estimate of drug-likeness (QED) is 0.482. The topological polar surface area (TPSA) is 68.0 Å². The van der Waals surface area contributed by atoms with Crippen molar-refractivity contribution in [1.82, 2.24) is 10.2 Å². The van der Waals surface area contributed by atoms with Crippen molar-refractivity contribution in [2.45, 2.75) is 42.3 Å².